The Hall–Kier alpha value is -1.34. The largest absolute Gasteiger partial charge is 0.339 e. The van der Waals surface area contributed by atoms with Crippen molar-refractivity contribution in [1.82, 2.24) is 19.7 Å². The fraction of sp³-hybridized carbons (Fsp3) is 0.667. The lowest BCUT2D eigenvalue weighted by molar-refractivity contribution is -0.133. The molecule has 2 fully saturated rings. The third-order valence-electron chi connectivity index (χ3n) is 5.83. The fourth-order valence-corrected chi connectivity index (χ4v) is 5.92. The Balaban J connectivity index is 1.47. The van der Waals surface area contributed by atoms with E-state index in [-0.39, 0.29) is 11.2 Å². The zero-order chi connectivity index (χ0) is 19.5. The van der Waals surface area contributed by atoms with Crippen LogP contribution in [0.2, 0.25) is 0 Å². The molecule has 2 aliphatic rings. The molecule has 28 heavy (non-hydrogen) atoms. The molecular formula is C21H30N4OS2. The molecule has 1 unspecified atom stereocenters. The molecule has 152 valence electrons. The predicted molar refractivity (Wildman–Crippen MR) is 115 cm³/mol. The number of thioether (sulfide) groups is 1. The molecule has 2 aromatic rings. The van der Waals surface area contributed by atoms with Gasteiger partial charge in [0.05, 0.1) is 5.25 Å². The van der Waals surface area contributed by atoms with Crippen molar-refractivity contribution in [2.45, 2.75) is 87.7 Å². The van der Waals surface area contributed by atoms with Crippen LogP contribution in [0.25, 0.3) is 0 Å². The molecule has 2 saturated carbocycles. The summed E-state index contributed by atoms with van der Waals surface area (Å²) in [7, 11) is 0. The van der Waals surface area contributed by atoms with Crippen LogP contribution in [0, 0.1) is 0 Å². The average Bonchev–Trinajstić information content (AvgIpc) is 3.27. The van der Waals surface area contributed by atoms with Crippen LogP contribution in [0.15, 0.2) is 22.7 Å². The topological polar surface area (TPSA) is 51.0 Å². The van der Waals surface area contributed by atoms with E-state index in [9.17, 15) is 4.79 Å². The minimum Gasteiger partial charge on any atom is -0.339 e. The van der Waals surface area contributed by atoms with Gasteiger partial charge in [0, 0.05) is 29.9 Å². The van der Waals surface area contributed by atoms with E-state index in [1.807, 2.05) is 6.92 Å². The van der Waals surface area contributed by atoms with Gasteiger partial charge in [0.25, 0.3) is 0 Å². The first-order valence-corrected chi connectivity index (χ1v) is 12.4. The van der Waals surface area contributed by atoms with E-state index in [2.05, 4.69) is 44.1 Å². The van der Waals surface area contributed by atoms with Gasteiger partial charge in [-0.1, -0.05) is 37.1 Å². The summed E-state index contributed by atoms with van der Waals surface area (Å²) in [5, 5.41) is 11.9. The van der Waals surface area contributed by atoms with Crippen LogP contribution >= 0.6 is 23.1 Å². The maximum atomic E-state index is 13.2. The molecule has 0 radical (unpaired) electrons. The molecule has 0 bridgehead atoms. The van der Waals surface area contributed by atoms with Crippen LogP contribution < -0.4 is 0 Å². The van der Waals surface area contributed by atoms with Crippen LogP contribution in [0.3, 0.4) is 0 Å². The summed E-state index contributed by atoms with van der Waals surface area (Å²) >= 11 is 3.35. The molecule has 5 nitrogen and oxygen atoms in total. The summed E-state index contributed by atoms with van der Waals surface area (Å²) in [6, 6.07) is 5.16. The van der Waals surface area contributed by atoms with E-state index in [1.165, 1.54) is 37.0 Å². The monoisotopic (exact) mass is 418 g/mol. The van der Waals surface area contributed by atoms with Crippen LogP contribution in [0.4, 0.5) is 0 Å². The number of carbonyl (C=O) groups excluding carboxylic acids is 1. The van der Waals surface area contributed by atoms with Gasteiger partial charge in [-0.3, -0.25) is 4.79 Å². The Morgan fingerprint density at radius 3 is 2.71 bits per heavy atom. The minimum absolute atomic E-state index is 0.127. The van der Waals surface area contributed by atoms with Crippen molar-refractivity contribution in [3.63, 3.8) is 0 Å². The van der Waals surface area contributed by atoms with Crippen molar-refractivity contribution in [2.75, 3.05) is 6.54 Å². The van der Waals surface area contributed by atoms with E-state index in [1.54, 1.807) is 23.1 Å². The summed E-state index contributed by atoms with van der Waals surface area (Å²) in [6.45, 7) is 4.94. The molecule has 7 heteroatoms. The minimum atomic E-state index is -0.127. The average molecular weight is 419 g/mol. The summed E-state index contributed by atoms with van der Waals surface area (Å²) < 4.78 is 2.30. The van der Waals surface area contributed by atoms with Crippen molar-refractivity contribution < 1.29 is 4.79 Å². The van der Waals surface area contributed by atoms with Gasteiger partial charge in [0.1, 0.15) is 5.82 Å². The van der Waals surface area contributed by atoms with Gasteiger partial charge < -0.3 is 9.47 Å². The quantitative estimate of drug-likeness (QED) is 0.571. The van der Waals surface area contributed by atoms with Crippen molar-refractivity contribution in [1.29, 1.82) is 0 Å². The number of aromatic nitrogens is 3. The third kappa shape index (κ3) is 4.46. The first kappa shape index (κ1) is 20.0. The van der Waals surface area contributed by atoms with Gasteiger partial charge in [-0.05, 0) is 51.0 Å². The molecule has 0 aromatic carbocycles. The maximum Gasteiger partial charge on any atom is 0.236 e. The van der Waals surface area contributed by atoms with Gasteiger partial charge in [-0.2, -0.15) is 0 Å². The lowest BCUT2D eigenvalue weighted by Crippen LogP contribution is -2.44. The Morgan fingerprint density at radius 2 is 2.07 bits per heavy atom. The van der Waals surface area contributed by atoms with Crippen LogP contribution in [0.5, 0.6) is 0 Å². The second kappa shape index (κ2) is 8.99. The lowest BCUT2D eigenvalue weighted by atomic mass is 9.94. The lowest BCUT2D eigenvalue weighted by Gasteiger charge is -2.35. The van der Waals surface area contributed by atoms with Gasteiger partial charge in [-0.25, -0.2) is 0 Å². The molecule has 0 spiro atoms. The first-order chi connectivity index (χ1) is 13.7. The zero-order valence-electron chi connectivity index (χ0n) is 16.8. The SMILES string of the molecule is CCN(C(=O)C(C)Sc1nnc(Cc2cccs2)n1C1CC1)C1CCCCC1. The Bertz CT molecular complexity index is 778. The third-order valence-corrected chi connectivity index (χ3v) is 7.75. The number of nitrogens with zero attached hydrogens (tertiary/aromatic N) is 4. The highest BCUT2D eigenvalue weighted by Crippen LogP contribution is 2.40. The van der Waals surface area contributed by atoms with Gasteiger partial charge in [0.2, 0.25) is 5.91 Å². The van der Waals surface area contributed by atoms with E-state index < -0.39 is 0 Å². The number of rotatable bonds is 8. The molecule has 1 amide bonds. The van der Waals surface area contributed by atoms with Crippen LogP contribution in [-0.4, -0.2) is 43.4 Å². The van der Waals surface area contributed by atoms with Crippen molar-refractivity contribution in [3.8, 4) is 0 Å². The van der Waals surface area contributed by atoms with Gasteiger partial charge in [-0.15, -0.1) is 21.5 Å². The van der Waals surface area contributed by atoms with E-state index >= 15 is 0 Å². The Labute approximate surface area is 175 Å². The summed E-state index contributed by atoms with van der Waals surface area (Å²) in [6.07, 6.45) is 9.32. The number of hydrogen-bond donors (Lipinski definition) is 0. The molecule has 0 N–H and O–H groups in total. The molecule has 2 aliphatic carbocycles. The zero-order valence-corrected chi connectivity index (χ0v) is 18.5. The van der Waals surface area contributed by atoms with Crippen molar-refractivity contribution >= 4 is 29.0 Å². The number of carbonyl (C=O) groups is 1. The molecule has 2 aromatic heterocycles. The highest BCUT2D eigenvalue weighted by molar-refractivity contribution is 8.00. The highest BCUT2D eigenvalue weighted by atomic mass is 32.2. The van der Waals surface area contributed by atoms with Gasteiger partial charge >= 0.3 is 0 Å². The fourth-order valence-electron chi connectivity index (χ4n) is 4.21. The summed E-state index contributed by atoms with van der Waals surface area (Å²) in [5.74, 6) is 1.29. The first-order valence-electron chi connectivity index (χ1n) is 10.6. The Morgan fingerprint density at radius 1 is 1.29 bits per heavy atom. The molecular weight excluding hydrogens is 388 g/mol. The predicted octanol–water partition coefficient (Wildman–Crippen LogP) is 4.93. The second-order valence-electron chi connectivity index (χ2n) is 7.93. The van der Waals surface area contributed by atoms with E-state index in [0.717, 1.165) is 36.8 Å². The normalized spacial score (nSPS) is 18.9. The van der Waals surface area contributed by atoms with Gasteiger partial charge in [0.15, 0.2) is 5.16 Å². The molecule has 0 aliphatic heterocycles. The smallest absolute Gasteiger partial charge is 0.236 e. The van der Waals surface area contributed by atoms with Crippen molar-refractivity contribution in [2.24, 2.45) is 0 Å². The van der Waals surface area contributed by atoms with E-state index in [0.29, 0.717) is 12.1 Å². The molecule has 2 heterocycles. The standard InChI is InChI=1S/C21H30N4OS2/c1-3-24(16-8-5-4-6-9-16)20(26)15(2)28-21-23-22-19(25(21)17-11-12-17)14-18-10-7-13-27-18/h7,10,13,15-17H,3-6,8-9,11-12,14H2,1-2H3. The molecule has 0 saturated heterocycles. The second-order valence-corrected chi connectivity index (χ2v) is 10.3. The number of thiophene rings is 1. The number of amides is 1. The summed E-state index contributed by atoms with van der Waals surface area (Å²) in [4.78, 5) is 16.6. The Kier molecular flexibility index (Phi) is 6.41. The van der Waals surface area contributed by atoms with Crippen LogP contribution in [-0.2, 0) is 11.2 Å². The number of hydrogen-bond acceptors (Lipinski definition) is 5. The summed E-state index contributed by atoms with van der Waals surface area (Å²) in [5.41, 5.74) is 0. The van der Waals surface area contributed by atoms with Crippen LogP contribution in [0.1, 0.15) is 75.5 Å². The molecule has 1 atom stereocenters. The highest BCUT2D eigenvalue weighted by Gasteiger charge is 2.33. The van der Waals surface area contributed by atoms with E-state index in [4.69, 9.17) is 0 Å². The molecule has 4 rings (SSSR count). The maximum absolute atomic E-state index is 13.2. The van der Waals surface area contributed by atoms with Crippen molar-refractivity contribution in [3.05, 3.63) is 28.2 Å².